The smallest absolute Gasteiger partial charge is 0.250 e. The lowest BCUT2D eigenvalue weighted by molar-refractivity contribution is 0.0856. The van der Waals surface area contributed by atoms with E-state index in [0.717, 1.165) is 67.7 Å². The predicted octanol–water partition coefficient (Wildman–Crippen LogP) is 14.5. The summed E-state index contributed by atoms with van der Waals surface area (Å²) in [4.78, 5) is 5.67. The zero-order chi connectivity index (χ0) is 62.6. The largest absolute Gasteiger partial charge is 0.541 e. The van der Waals surface area contributed by atoms with Crippen LogP contribution >= 0.6 is 0 Å². The maximum Gasteiger partial charge on any atom is 0.250 e. The molecule has 0 saturated heterocycles. The van der Waals surface area contributed by atoms with E-state index in [0.29, 0.717) is 75.2 Å². The van der Waals surface area contributed by atoms with Gasteiger partial charge in [0.05, 0.1) is 97.2 Å². The highest BCUT2D eigenvalue weighted by molar-refractivity contribution is 6.74. The minimum atomic E-state index is -1.84. The molecule has 0 fully saturated rings. The molecule has 19 nitrogen and oxygen atoms in total. The Hall–Kier alpha value is -9.17. The first-order valence-electron chi connectivity index (χ1n) is 26.8. The van der Waals surface area contributed by atoms with Crippen molar-refractivity contribution in [1.29, 1.82) is 0 Å². The van der Waals surface area contributed by atoms with Crippen molar-refractivity contribution < 1.29 is 75.8 Å². The second-order valence-corrected chi connectivity index (χ2v) is 25.1. The molecule has 0 radical (unpaired) electrons. The molecule has 1 aromatic heterocycles. The first-order valence-corrected chi connectivity index (χ1v) is 29.7. The third-order valence-electron chi connectivity index (χ3n) is 14.1. The van der Waals surface area contributed by atoms with Crippen LogP contribution in [0.1, 0.15) is 66.7 Å². The van der Waals surface area contributed by atoms with Crippen molar-refractivity contribution in [2.24, 2.45) is 10.3 Å². The summed E-state index contributed by atoms with van der Waals surface area (Å²) in [5, 5.41) is 20.0. The van der Waals surface area contributed by atoms with E-state index in [-0.39, 0.29) is 11.1 Å². The average molecular weight is 1190 g/mol. The second kappa shape index (κ2) is 30.9. The fraction of sp³-hybridized carbons (Fsp3) is 0.338. The highest BCUT2D eigenvalue weighted by atomic mass is 28.4. The van der Waals surface area contributed by atoms with Gasteiger partial charge < -0.3 is 75.8 Å². The molecule has 1 aliphatic heterocycles. The molecule has 1 unspecified atom stereocenters. The van der Waals surface area contributed by atoms with Gasteiger partial charge in [-0.15, -0.1) is 0 Å². The topological polar surface area (TPSA) is 200 Å². The lowest BCUT2D eigenvalue weighted by Crippen LogP contribution is -2.43. The molecular formula is C65H81N3O16Si. The zero-order valence-electron chi connectivity index (χ0n) is 52.3. The van der Waals surface area contributed by atoms with Gasteiger partial charge in [0, 0.05) is 34.7 Å². The van der Waals surface area contributed by atoms with Gasteiger partial charge in [-0.1, -0.05) is 61.0 Å². The predicted molar refractivity (Wildman–Crippen MR) is 334 cm³/mol. The Morgan fingerprint density at radius 2 is 0.965 bits per heavy atom. The molecule has 2 heterocycles. The molecule has 7 aromatic rings. The lowest BCUT2D eigenvalue weighted by Gasteiger charge is -2.36. The maximum absolute atomic E-state index is 8.43. The van der Waals surface area contributed by atoms with E-state index >= 15 is 0 Å². The molecule has 1 atom stereocenters. The summed E-state index contributed by atoms with van der Waals surface area (Å²) in [6.07, 6.45) is 3.63. The van der Waals surface area contributed by atoms with Gasteiger partial charge in [-0.3, -0.25) is 0 Å². The van der Waals surface area contributed by atoms with Gasteiger partial charge in [0.25, 0.3) is 8.32 Å². The quantitative estimate of drug-likeness (QED) is 0.0327. The van der Waals surface area contributed by atoms with E-state index in [2.05, 4.69) is 62.0 Å². The van der Waals surface area contributed by atoms with Crippen molar-refractivity contribution >= 4 is 26.3 Å². The number of rotatable bonds is 20. The zero-order valence-corrected chi connectivity index (χ0v) is 53.3. The highest BCUT2D eigenvalue weighted by Gasteiger charge is 2.39. The Bertz CT molecular complexity index is 3330. The van der Waals surface area contributed by atoms with E-state index in [1.54, 1.807) is 76.1 Å². The Labute approximate surface area is 500 Å². The van der Waals surface area contributed by atoms with Crippen LogP contribution in [0.4, 0.5) is 0 Å². The molecule has 1 aliphatic rings. The molecule has 8 rings (SSSR count). The number of oxime groups is 2. The first-order chi connectivity index (χ1) is 40.7. The van der Waals surface area contributed by atoms with Crippen LogP contribution in [-0.4, -0.2) is 116 Å². The Morgan fingerprint density at radius 3 is 1.40 bits per heavy atom. The number of hydrogen-bond donors (Lipinski definition) is 1. The third kappa shape index (κ3) is 16.6. The van der Waals surface area contributed by atoms with Crippen LogP contribution in [0, 0.1) is 13.8 Å². The van der Waals surface area contributed by atoms with Crippen LogP contribution in [0.25, 0.3) is 28.7 Å². The second-order valence-electron chi connectivity index (χ2n) is 20.3. The number of methoxy groups -OCH3 is 12. The molecule has 0 amide bonds. The molecule has 0 spiro atoms. The van der Waals surface area contributed by atoms with Gasteiger partial charge in [0.1, 0.15) is 22.9 Å². The molecule has 0 saturated carbocycles. The number of benzene rings is 6. The molecule has 0 bridgehead atoms. The van der Waals surface area contributed by atoms with Gasteiger partial charge in [0.2, 0.25) is 17.2 Å². The van der Waals surface area contributed by atoms with Crippen molar-refractivity contribution in [2.75, 3.05) is 85.3 Å². The Morgan fingerprint density at radius 1 is 0.518 bits per heavy atom. The minimum absolute atomic E-state index is 0.131. The molecule has 20 heteroatoms. The van der Waals surface area contributed by atoms with Crippen LogP contribution in [0.15, 0.2) is 118 Å². The summed E-state index contributed by atoms with van der Waals surface area (Å²) in [7, 11) is 17.2. The van der Waals surface area contributed by atoms with Gasteiger partial charge in [-0.05, 0) is 133 Å². The van der Waals surface area contributed by atoms with E-state index in [9.17, 15) is 0 Å². The van der Waals surface area contributed by atoms with Crippen molar-refractivity contribution in [2.45, 2.75) is 65.3 Å². The summed E-state index contributed by atoms with van der Waals surface area (Å²) in [6, 6.07) is 30.4. The van der Waals surface area contributed by atoms with Gasteiger partial charge in [0.15, 0.2) is 52.1 Å². The summed E-state index contributed by atoms with van der Waals surface area (Å²) < 4.78 is 75.5. The van der Waals surface area contributed by atoms with Crippen LogP contribution < -0.4 is 61.3 Å². The number of hydrogen-bond acceptors (Lipinski definition) is 19. The van der Waals surface area contributed by atoms with E-state index < -0.39 is 8.32 Å². The summed E-state index contributed by atoms with van der Waals surface area (Å²) in [5.41, 5.74) is 8.98. The van der Waals surface area contributed by atoms with Crippen molar-refractivity contribution in [3.8, 4) is 97.3 Å². The van der Waals surface area contributed by atoms with Gasteiger partial charge in [-0.25, -0.2) is 0 Å². The van der Waals surface area contributed by atoms with Gasteiger partial charge in [-0.2, -0.15) is 0 Å². The molecule has 0 aliphatic carbocycles. The standard InChI is InChI=1S/C20H23NO5.C20H21NO5.C15H24O2Si.C10H13NO4/c2*1-12-8-13(6-7-16(12)22-2)17-11-15(21-26-17)14-9-18(23-3)20(25-5)19(10-14)24-4;1-8-12-9-10-13(16-5)14(11-12)17-18(6,7)15(2,3)4;1-13-8-4-7(6-11-12)5-9(14-2)10(8)15-3/h6-10,17H,11H2,1-5H3;6-11H,1-5H3;8-11H,1H2,2-7H3;4-6,12H,1-3H3. The summed E-state index contributed by atoms with van der Waals surface area (Å²) in [6.45, 7) is 18.9. The third-order valence-corrected chi connectivity index (χ3v) is 18.4. The monoisotopic (exact) mass is 1190 g/mol. The van der Waals surface area contributed by atoms with Crippen LogP contribution in [0.5, 0.6) is 74.7 Å². The highest BCUT2D eigenvalue weighted by Crippen LogP contribution is 2.44. The van der Waals surface area contributed by atoms with Crippen molar-refractivity contribution in [3.63, 3.8) is 0 Å². The average Bonchev–Trinajstić information content (AvgIpc) is 3.82. The van der Waals surface area contributed by atoms with Gasteiger partial charge >= 0.3 is 0 Å². The molecular weight excluding hydrogens is 1110 g/mol. The minimum Gasteiger partial charge on any atom is -0.541 e. The summed E-state index contributed by atoms with van der Waals surface area (Å²) >= 11 is 0. The molecule has 456 valence electrons. The number of ether oxygens (including phenoxy) is 12. The lowest BCUT2D eigenvalue weighted by atomic mass is 9.98. The van der Waals surface area contributed by atoms with E-state index in [4.69, 9.17) is 75.8 Å². The van der Waals surface area contributed by atoms with Crippen LogP contribution in [0.3, 0.4) is 0 Å². The fourth-order valence-electron chi connectivity index (χ4n) is 8.45. The SMILES string of the molecule is C=Cc1ccc(OC)c(O[Si](C)(C)C(C)(C)C)c1.COc1cc(C=NO)cc(OC)c1OC.COc1ccc(-c2cc(-c3cc(OC)c(OC)c(OC)c3)no2)cc1C.COc1ccc(C2CC(c3cc(OC)c(OC)c(OC)c3)=NO2)cc1C. The first kappa shape index (κ1) is 66.6. The van der Waals surface area contributed by atoms with Crippen LogP contribution in [-0.2, 0) is 4.84 Å². The molecule has 1 N–H and O–H groups in total. The summed E-state index contributed by atoms with van der Waals surface area (Å²) in [5.74, 6) is 8.91. The molecule has 85 heavy (non-hydrogen) atoms. The van der Waals surface area contributed by atoms with E-state index in [1.807, 2.05) is 98.8 Å². The maximum atomic E-state index is 8.43. The number of aromatic nitrogens is 1. The number of nitrogens with zero attached hydrogens (tertiary/aromatic N) is 3. The van der Waals surface area contributed by atoms with Crippen molar-refractivity contribution in [1.82, 2.24) is 5.16 Å². The van der Waals surface area contributed by atoms with Crippen molar-refractivity contribution in [3.05, 3.63) is 137 Å². The normalized spacial score (nSPS) is 12.5. The fourth-order valence-corrected chi connectivity index (χ4v) is 9.47. The Kier molecular flexibility index (Phi) is 24.2. The molecule has 6 aromatic carbocycles. The Balaban J connectivity index is 0.000000212. The number of aryl methyl sites for hydroxylation is 2. The van der Waals surface area contributed by atoms with Crippen LogP contribution in [0.2, 0.25) is 18.1 Å². The van der Waals surface area contributed by atoms with E-state index in [1.165, 1.54) is 27.5 Å².